The molecule has 1 saturated carbocycles. The number of Topliss-reactive ketones (excluding diaryl/α,β-unsaturated/α-hetero) is 1. The quantitative estimate of drug-likeness (QED) is 0.541. The topological polar surface area (TPSA) is 96.8 Å². The van der Waals surface area contributed by atoms with E-state index >= 15 is 0 Å². The largest absolute Gasteiger partial charge is 0.481 e. The average molecular weight is 517 g/mol. The minimum absolute atomic E-state index is 0.0908. The second-order valence-corrected chi connectivity index (χ2v) is 15.6. The molecule has 2 heterocycles. The molecule has 10 heteroatoms. The van der Waals surface area contributed by atoms with E-state index in [1.54, 1.807) is 12.1 Å². The highest BCUT2D eigenvalue weighted by atomic mass is 28.3. The van der Waals surface area contributed by atoms with Gasteiger partial charge in [-0.15, -0.1) is 0 Å². The number of carboxylic acids is 1. The lowest BCUT2D eigenvalue weighted by atomic mass is 9.90. The van der Waals surface area contributed by atoms with Gasteiger partial charge in [-0.1, -0.05) is 19.6 Å². The van der Waals surface area contributed by atoms with E-state index in [9.17, 15) is 23.2 Å². The highest BCUT2D eigenvalue weighted by molar-refractivity contribution is 6.88. The molecule has 3 atom stereocenters. The maximum absolute atomic E-state index is 14.8. The van der Waals surface area contributed by atoms with Crippen LogP contribution in [0.15, 0.2) is 24.3 Å². The van der Waals surface area contributed by atoms with Crippen molar-refractivity contribution in [2.24, 2.45) is 11.8 Å². The number of fused-ring (bicyclic) bond motifs is 1. The minimum Gasteiger partial charge on any atom is -0.481 e. The third-order valence-corrected chi connectivity index (χ3v) is 8.86. The maximum atomic E-state index is 14.8. The second-order valence-electron chi connectivity index (χ2n) is 10.6. The molecule has 1 fully saturated rings. The number of halogens is 2. The average Bonchev–Trinajstić information content (AvgIpc) is 3.54. The van der Waals surface area contributed by atoms with Gasteiger partial charge in [0.1, 0.15) is 17.7 Å². The number of carbonyl (C=O) groups excluding carboxylic acids is 2. The molecule has 0 saturated heterocycles. The number of ether oxygens (including phenoxy) is 1. The molecule has 7 nitrogen and oxygen atoms in total. The second kappa shape index (κ2) is 9.72. The summed E-state index contributed by atoms with van der Waals surface area (Å²) in [6.45, 7) is 5.77. The number of aromatic nitrogens is 1. The molecule has 2 aromatic rings. The highest BCUT2D eigenvalue weighted by Crippen LogP contribution is 2.45. The van der Waals surface area contributed by atoms with E-state index in [4.69, 9.17) is 9.84 Å². The van der Waals surface area contributed by atoms with Crippen LogP contribution in [0, 0.1) is 23.5 Å². The Kier molecular flexibility index (Phi) is 7.00. The van der Waals surface area contributed by atoms with Crippen LogP contribution in [-0.4, -0.2) is 54.4 Å². The third kappa shape index (κ3) is 5.18. The molecule has 0 unspecified atom stereocenters. The third-order valence-electron chi connectivity index (χ3n) is 6.88. The molecule has 36 heavy (non-hydrogen) atoms. The first-order valence-electron chi connectivity index (χ1n) is 12.0. The van der Waals surface area contributed by atoms with Crippen molar-refractivity contribution in [1.82, 2.24) is 9.88 Å². The molecule has 0 spiro atoms. The summed E-state index contributed by atoms with van der Waals surface area (Å²) in [6.07, 6.45) is 0.514. The molecule has 192 valence electrons. The van der Waals surface area contributed by atoms with Crippen molar-refractivity contribution in [3.05, 3.63) is 52.7 Å². The van der Waals surface area contributed by atoms with Crippen LogP contribution in [0.5, 0.6) is 5.88 Å². The van der Waals surface area contributed by atoms with Crippen LogP contribution >= 0.6 is 0 Å². The normalized spacial score (nSPS) is 21.1. The van der Waals surface area contributed by atoms with Gasteiger partial charge in [-0.05, 0) is 36.1 Å². The van der Waals surface area contributed by atoms with E-state index in [-0.39, 0.29) is 47.7 Å². The molecule has 0 radical (unpaired) electrons. The number of pyridine rings is 1. The van der Waals surface area contributed by atoms with E-state index in [2.05, 4.69) is 4.98 Å². The van der Waals surface area contributed by atoms with Crippen molar-refractivity contribution in [2.75, 3.05) is 13.7 Å². The lowest BCUT2D eigenvalue weighted by Crippen LogP contribution is -2.45. The van der Waals surface area contributed by atoms with E-state index in [1.165, 1.54) is 24.1 Å². The Morgan fingerprint density at radius 1 is 1.17 bits per heavy atom. The number of hydrogen-bond donors (Lipinski definition) is 1. The number of amides is 1. The Balaban J connectivity index is 1.65. The Hall–Kier alpha value is -3.14. The van der Waals surface area contributed by atoms with Gasteiger partial charge in [0.2, 0.25) is 11.8 Å². The van der Waals surface area contributed by atoms with Crippen LogP contribution in [0.4, 0.5) is 8.78 Å². The molecular formula is C26H30F2N2O5Si. The SMILES string of the molecule is COc1ccc2c(n1)CCN(C(=O)[C@H]1C[C@@H]1CC(=O)O)[C@H]2C(=O)Cc1cc(F)c([Si](C)(C)C)c(F)c1. The van der Waals surface area contributed by atoms with Gasteiger partial charge in [0.25, 0.3) is 0 Å². The van der Waals surface area contributed by atoms with Gasteiger partial charge >= 0.3 is 5.97 Å². The predicted octanol–water partition coefficient (Wildman–Crippen LogP) is 3.26. The van der Waals surface area contributed by atoms with Crippen LogP contribution in [-0.2, 0) is 27.2 Å². The summed E-state index contributed by atoms with van der Waals surface area (Å²) in [4.78, 5) is 44.0. The van der Waals surface area contributed by atoms with Crippen molar-refractivity contribution in [2.45, 2.75) is 51.4 Å². The molecule has 1 aliphatic heterocycles. The zero-order chi connectivity index (χ0) is 26.4. The van der Waals surface area contributed by atoms with Gasteiger partial charge in [-0.25, -0.2) is 13.8 Å². The number of nitrogens with zero attached hydrogens (tertiary/aromatic N) is 2. The van der Waals surface area contributed by atoms with Gasteiger partial charge in [0, 0.05) is 48.5 Å². The van der Waals surface area contributed by atoms with Crippen molar-refractivity contribution in [1.29, 1.82) is 0 Å². The molecule has 0 bridgehead atoms. The minimum atomic E-state index is -2.27. The lowest BCUT2D eigenvalue weighted by Gasteiger charge is -2.36. The smallest absolute Gasteiger partial charge is 0.303 e. The Labute approximate surface area is 209 Å². The fourth-order valence-electron chi connectivity index (χ4n) is 5.12. The zero-order valence-electron chi connectivity index (χ0n) is 20.8. The van der Waals surface area contributed by atoms with Gasteiger partial charge in [-0.3, -0.25) is 14.4 Å². The first kappa shape index (κ1) is 25.9. The van der Waals surface area contributed by atoms with Crippen LogP contribution in [0.2, 0.25) is 19.6 Å². The summed E-state index contributed by atoms with van der Waals surface area (Å²) in [7, 11) is -0.789. The Morgan fingerprint density at radius 3 is 2.42 bits per heavy atom. The van der Waals surface area contributed by atoms with Crippen molar-refractivity contribution in [3.8, 4) is 5.88 Å². The number of rotatable bonds is 8. The number of carboxylic acid groups (broad SMARTS) is 1. The number of benzene rings is 1. The van der Waals surface area contributed by atoms with E-state index in [1.807, 2.05) is 19.6 Å². The van der Waals surface area contributed by atoms with Crippen LogP contribution in [0.25, 0.3) is 0 Å². The van der Waals surface area contributed by atoms with E-state index in [0.29, 0.717) is 30.0 Å². The summed E-state index contributed by atoms with van der Waals surface area (Å²) >= 11 is 0. The first-order valence-corrected chi connectivity index (χ1v) is 15.5. The summed E-state index contributed by atoms with van der Waals surface area (Å²) < 4.78 is 34.9. The molecule has 2 aliphatic rings. The molecule has 1 amide bonds. The maximum Gasteiger partial charge on any atom is 0.303 e. The van der Waals surface area contributed by atoms with E-state index in [0.717, 1.165) is 0 Å². The fourth-order valence-corrected chi connectivity index (χ4v) is 6.70. The summed E-state index contributed by atoms with van der Waals surface area (Å²) in [5, 5.41) is 9.16. The van der Waals surface area contributed by atoms with Crippen molar-refractivity contribution in [3.63, 3.8) is 0 Å². The Morgan fingerprint density at radius 2 is 1.83 bits per heavy atom. The number of carbonyl (C=O) groups is 3. The highest BCUT2D eigenvalue weighted by Gasteiger charge is 2.49. The monoisotopic (exact) mass is 516 g/mol. The summed E-state index contributed by atoms with van der Waals surface area (Å²) in [5.41, 5.74) is 1.38. The van der Waals surface area contributed by atoms with Crippen molar-refractivity contribution >= 4 is 30.9 Å². The van der Waals surface area contributed by atoms with Crippen molar-refractivity contribution < 1.29 is 33.0 Å². The number of hydrogen-bond acceptors (Lipinski definition) is 5. The molecular weight excluding hydrogens is 486 g/mol. The summed E-state index contributed by atoms with van der Waals surface area (Å²) in [5.74, 6) is -3.25. The van der Waals surface area contributed by atoms with Crippen LogP contribution in [0.3, 0.4) is 0 Å². The number of aliphatic carboxylic acids is 1. The number of methoxy groups -OCH3 is 1. The molecule has 1 N–H and O–H groups in total. The molecule has 4 rings (SSSR count). The molecule has 1 aromatic heterocycles. The lowest BCUT2D eigenvalue weighted by molar-refractivity contribution is -0.142. The molecule has 1 aromatic carbocycles. The van der Waals surface area contributed by atoms with Crippen LogP contribution in [0.1, 0.15) is 35.7 Å². The standard InChI is InChI=1S/C26H30F2N2O5Si/c1-35-22-6-5-16-20(29-22)7-8-30(26(34)17-12-15(17)13-23(32)33)24(16)21(31)11-14-9-18(27)25(19(28)10-14)36(2,3)4/h5-6,9-10,15,17,24H,7-8,11-13H2,1-4H3,(H,32,33)/t15-,17+,24-/m1/s1. The molecule has 1 aliphatic carbocycles. The Bertz CT molecular complexity index is 1210. The van der Waals surface area contributed by atoms with E-state index < -0.39 is 37.6 Å². The van der Waals surface area contributed by atoms with Gasteiger partial charge < -0.3 is 14.7 Å². The van der Waals surface area contributed by atoms with Crippen LogP contribution < -0.4 is 9.92 Å². The van der Waals surface area contributed by atoms with Gasteiger partial charge in [-0.2, -0.15) is 0 Å². The predicted molar refractivity (Wildman–Crippen MR) is 131 cm³/mol. The van der Waals surface area contributed by atoms with Gasteiger partial charge in [0.15, 0.2) is 5.78 Å². The van der Waals surface area contributed by atoms with Gasteiger partial charge in [0.05, 0.1) is 20.9 Å². The summed E-state index contributed by atoms with van der Waals surface area (Å²) in [6, 6.07) is 4.74. The first-order chi connectivity index (χ1) is 16.9. The zero-order valence-corrected chi connectivity index (χ0v) is 21.8. The fraction of sp³-hybridized carbons (Fsp3) is 0.462. The number of ketones is 1.